The first-order chi connectivity index (χ1) is 11.3. The second kappa shape index (κ2) is 7.33. The van der Waals surface area contributed by atoms with Crippen LogP contribution in [-0.2, 0) is 6.54 Å². The number of ether oxygens (including phenoxy) is 1. The number of hydrogen-bond donors (Lipinski definition) is 1. The van der Waals surface area contributed by atoms with Gasteiger partial charge in [0.25, 0.3) is 0 Å². The highest BCUT2D eigenvalue weighted by atomic mass is 19.1. The topological polar surface area (TPSA) is 67.6 Å². The Labute approximate surface area is 140 Å². The van der Waals surface area contributed by atoms with E-state index in [-0.39, 0.29) is 17.8 Å². The summed E-state index contributed by atoms with van der Waals surface area (Å²) < 4.78 is 23.8. The fourth-order valence-corrected chi connectivity index (χ4v) is 2.37. The predicted molar refractivity (Wildman–Crippen MR) is 87.3 cm³/mol. The normalized spacial score (nSPS) is 11.9. The minimum atomic E-state index is -0.458. The van der Waals surface area contributed by atoms with Crippen molar-refractivity contribution in [1.82, 2.24) is 15.4 Å². The Morgan fingerprint density at radius 2 is 2.17 bits per heavy atom. The zero-order valence-electron chi connectivity index (χ0n) is 14.5. The van der Waals surface area contributed by atoms with Crippen LogP contribution in [0.1, 0.15) is 35.5 Å². The lowest BCUT2D eigenvalue weighted by atomic mass is 10.1. The molecule has 2 aromatic rings. The lowest BCUT2D eigenvalue weighted by Crippen LogP contribution is -2.38. The molecule has 0 fully saturated rings. The molecule has 0 radical (unpaired) electrons. The smallest absolute Gasteiger partial charge is 0.317 e. The van der Waals surface area contributed by atoms with Crippen LogP contribution in [0.3, 0.4) is 0 Å². The fraction of sp³-hybridized carbons (Fsp3) is 0.412. The molecule has 0 aliphatic carbocycles. The highest BCUT2D eigenvalue weighted by Gasteiger charge is 2.18. The molecule has 0 saturated heterocycles. The van der Waals surface area contributed by atoms with Gasteiger partial charge in [-0.3, -0.25) is 0 Å². The third-order valence-electron chi connectivity index (χ3n) is 3.94. The number of rotatable bonds is 5. The van der Waals surface area contributed by atoms with Crippen LogP contribution in [0.4, 0.5) is 9.18 Å². The average molecular weight is 335 g/mol. The molecule has 0 bridgehead atoms. The Balaban J connectivity index is 2.01. The van der Waals surface area contributed by atoms with Crippen molar-refractivity contribution in [3.05, 3.63) is 46.6 Å². The summed E-state index contributed by atoms with van der Waals surface area (Å²) in [6.07, 6.45) is 0. The van der Waals surface area contributed by atoms with Gasteiger partial charge in [-0.25, -0.2) is 9.18 Å². The Morgan fingerprint density at radius 1 is 1.46 bits per heavy atom. The van der Waals surface area contributed by atoms with E-state index >= 15 is 0 Å². The zero-order chi connectivity index (χ0) is 17.9. The molecular formula is C17H22FN3O3. The van der Waals surface area contributed by atoms with Gasteiger partial charge in [-0.05, 0) is 38.5 Å². The highest BCUT2D eigenvalue weighted by Crippen LogP contribution is 2.22. The number of hydrogen-bond acceptors (Lipinski definition) is 4. The van der Waals surface area contributed by atoms with Crippen molar-refractivity contribution < 1.29 is 18.4 Å². The Hall–Kier alpha value is -2.57. The summed E-state index contributed by atoms with van der Waals surface area (Å²) in [6, 6.07) is 4.02. The van der Waals surface area contributed by atoms with Crippen LogP contribution in [0.25, 0.3) is 0 Å². The summed E-state index contributed by atoms with van der Waals surface area (Å²) in [5, 5.41) is 6.72. The number of benzene rings is 1. The SMILES string of the molecule is COc1ccc(C(C)NC(=O)N(C)Cc2c(C)noc2C)cc1F. The number of amides is 2. The van der Waals surface area contributed by atoms with E-state index in [1.807, 2.05) is 13.8 Å². The Kier molecular flexibility index (Phi) is 5.43. The number of nitrogens with zero attached hydrogens (tertiary/aromatic N) is 2. The molecule has 1 heterocycles. The van der Waals surface area contributed by atoms with Gasteiger partial charge < -0.3 is 19.5 Å². The molecule has 1 aromatic carbocycles. The number of aryl methyl sites for hydroxylation is 2. The molecule has 7 heteroatoms. The maximum atomic E-state index is 13.8. The maximum absolute atomic E-state index is 13.8. The standard InChI is InChI=1S/C17H22FN3O3/c1-10(13-6-7-16(23-5)15(18)8-13)19-17(22)21(4)9-14-11(2)20-24-12(14)3/h6-8,10H,9H2,1-5H3,(H,19,22). The summed E-state index contributed by atoms with van der Waals surface area (Å²) in [6.45, 7) is 5.82. The van der Waals surface area contributed by atoms with Gasteiger partial charge >= 0.3 is 6.03 Å². The first kappa shape index (κ1) is 17.8. The van der Waals surface area contributed by atoms with Crippen LogP contribution in [0.2, 0.25) is 0 Å². The van der Waals surface area contributed by atoms with E-state index in [0.29, 0.717) is 17.9 Å². The van der Waals surface area contributed by atoms with Crippen molar-refractivity contribution >= 4 is 6.03 Å². The van der Waals surface area contributed by atoms with Crippen molar-refractivity contribution in [2.24, 2.45) is 0 Å². The number of urea groups is 1. The molecule has 24 heavy (non-hydrogen) atoms. The lowest BCUT2D eigenvalue weighted by Gasteiger charge is -2.21. The molecule has 2 rings (SSSR count). The van der Waals surface area contributed by atoms with Gasteiger partial charge in [0.1, 0.15) is 5.76 Å². The van der Waals surface area contributed by atoms with Crippen molar-refractivity contribution in [1.29, 1.82) is 0 Å². The quantitative estimate of drug-likeness (QED) is 0.910. The summed E-state index contributed by atoms with van der Waals surface area (Å²) in [4.78, 5) is 13.9. The van der Waals surface area contributed by atoms with Crippen LogP contribution in [0.15, 0.2) is 22.7 Å². The van der Waals surface area contributed by atoms with E-state index in [2.05, 4.69) is 10.5 Å². The van der Waals surface area contributed by atoms with Gasteiger partial charge in [0.05, 0.1) is 25.4 Å². The Bertz CT molecular complexity index is 710. The summed E-state index contributed by atoms with van der Waals surface area (Å²) in [7, 11) is 3.09. The van der Waals surface area contributed by atoms with E-state index in [1.54, 1.807) is 26.1 Å². The third kappa shape index (κ3) is 3.84. The van der Waals surface area contributed by atoms with Crippen LogP contribution in [0, 0.1) is 19.7 Å². The number of carbonyl (C=O) groups excluding carboxylic acids is 1. The van der Waals surface area contributed by atoms with E-state index in [1.165, 1.54) is 18.1 Å². The van der Waals surface area contributed by atoms with Crippen molar-refractivity contribution in [3.8, 4) is 5.75 Å². The molecule has 2 amide bonds. The molecule has 1 unspecified atom stereocenters. The van der Waals surface area contributed by atoms with Gasteiger partial charge in [-0.15, -0.1) is 0 Å². The monoisotopic (exact) mass is 335 g/mol. The lowest BCUT2D eigenvalue weighted by molar-refractivity contribution is 0.203. The molecule has 1 aromatic heterocycles. The molecule has 130 valence electrons. The first-order valence-corrected chi connectivity index (χ1v) is 7.60. The molecule has 0 spiro atoms. The fourth-order valence-electron chi connectivity index (χ4n) is 2.37. The van der Waals surface area contributed by atoms with Crippen molar-refractivity contribution in [2.75, 3.05) is 14.2 Å². The molecule has 0 saturated carbocycles. The van der Waals surface area contributed by atoms with Gasteiger partial charge in [0.2, 0.25) is 0 Å². The highest BCUT2D eigenvalue weighted by molar-refractivity contribution is 5.74. The van der Waals surface area contributed by atoms with Gasteiger partial charge in [0, 0.05) is 12.6 Å². The Morgan fingerprint density at radius 3 is 2.71 bits per heavy atom. The second-order valence-electron chi connectivity index (χ2n) is 5.72. The molecule has 1 N–H and O–H groups in total. The number of aromatic nitrogens is 1. The van der Waals surface area contributed by atoms with Crippen molar-refractivity contribution in [3.63, 3.8) is 0 Å². The minimum Gasteiger partial charge on any atom is -0.494 e. The van der Waals surface area contributed by atoms with Crippen LogP contribution in [0.5, 0.6) is 5.75 Å². The van der Waals surface area contributed by atoms with Crippen molar-refractivity contribution in [2.45, 2.75) is 33.4 Å². The minimum absolute atomic E-state index is 0.174. The summed E-state index contributed by atoms with van der Waals surface area (Å²) in [5.41, 5.74) is 2.31. The molecule has 0 aliphatic rings. The predicted octanol–water partition coefficient (Wildman–Crippen LogP) is 3.34. The average Bonchev–Trinajstić information content (AvgIpc) is 2.86. The van der Waals surface area contributed by atoms with Gasteiger partial charge in [-0.2, -0.15) is 0 Å². The van der Waals surface area contributed by atoms with E-state index in [0.717, 1.165) is 11.3 Å². The third-order valence-corrected chi connectivity index (χ3v) is 3.94. The number of nitrogens with one attached hydrogen (secondary N) is 1. The maximum Gasteiger partial charge on any atom is 0.317 e. The molecule has 1 atom stereocenters. The first-order valence-electron chi connectivity index (χ1n) is 7.60. The van der Waals surface area contributed by atoms with Gasteiger partial charge in [0.15, 0.2) is 11.6 Å². The molecular weight excluding hydrogens is 313 g/mol. The van der Waals surface area contributed by atoms with Crippen LogP contribution < -0.4 is 10.1 Å². The second-order valence-corrected chi connectivity index (χ2v) is 5.72. The zero-order valence-corrected chi connectivity index (χ0v) is 14.5. The largest absolute Gasteiger partial charge is 0.494 e. The number of methoxy groups -OCH3 is 1. The van der Waals surface area contributed by atoms with Crippen LogP contribution in [-0.4, -0.2) is 30.2 Å². The van der Waals surface area contributed by atoms with E-state index in [4.69, 9.17) is 9.26 Å². The number of halogens is 1. The summed E-state index contributed by atoms with van der Waals surface area (Å²) >= 11 is 0. The molecule has 0 aliphatic heterocycles. The molecule has 6 nitrogen and oxygen atoms in total. The van der Waals surface area contributed by atoms with Gasteiger partial charge in [-0.1, -0.05) is 11.2 Å². The van der Waals surface area contributed by atoms with Crippen LogP contribution >= 0.6 is 0 Å². The van der Waals surface area contributed by atoms with E-state index < -0.39 is 5.82 Å². The number of carbonyl (C=O) groups is 1. The van der Waals surface area contributed by atoms with E-state index in [9.17, 15) is 9.18 Å². The summed E-state index contributed by atoms with van der Waals surface area (Å²) in [5.74, 6) is 0.408.